The third-order valence-corrected chi connectivity index (χ3v) is 3.68. The largest absolute Gasteiger partial charge is 0.353 e. The second-order valence-electron chi connectivity index (χ2n) is 4.96. The van der Waals surface area contributed by atoms with Crippen LogP contribution >= 0.6 is 0 Å². The molecule has 2 heteroatoms. The molecule has 1 aromatic carbocycles. The van der Waals surface area contributed by atoms with Crippen LogP contribution in [0.1, 0.15) is 41.5 Å². The predicted molar refractivity (Wildman–Crippen MR) is 65.6 cm³/mol. The second kappa shape index (κ2) is 3.93. The Labute approximate surface area is 97.1 Å². The van der Waals surface area contributed by atoms with Crippen LogP contribution in [-0.2, 0) is 4.79 Å². The van der Waals surface area contributed by atoms with E-state index in [0.29, 0.717) is 12.3 Å². The van der Waals surface area contributed by atoms with Gasteiger partial charge in [0.05, 0.1) is 0 Å². The second-order valence-corrected chi connectivity index (χ2v) is 4.96. The van der Waals surface area contributed by atoms with Crippen molar-refractivity contribution in [3.63, 3.8) is 0 Å². The third kappa shape index (κ3) is 1.84. The molecule has 1 aromatic rings. The number of amides is 1. The standard InChI is InChI=1S/C14H19NO/c1-8-5-10(3)12(6-9(8)2)13-7-14(16)15-11(13)4/h5-6,11,13H,7H2,1-4H3,(H,15,16). The average Bonchev–Trinajstić information content (AvgIpc) is 2.51. The smallest absolute Gasteiger partial charge is 0.220 e. The zero-order valence-electron chi connectivity index (χ0n) is 10.4. The normalized spacial score (nSPS) is 24.6. The fourth-order valence-electron chi connectivity index (χ4n) is 2.55. The van der Waals surface area contributed by atoms with Gasteiger partial charge in [0, 0.05) is 18.4 Å². The Morgan fingerprint density at radius 3 is 2.31 bits per heavy atom. The topological polar surface area (TPSA) is 29.1 Å². The van der Waals surface area contributed by atoms with E-state index >= 15 is 0 Å². The summed E-state index contributed by atoms with van der Waals surface area (Å²) in [6.45, 7) is 8.49. The number of carbonyl (C=O) groups is 1. The molecule has 0 aliphatic carbocycles. The molecular weight excluding hydrogens is 198 g/mol. The van der Waals surface area contributed by atoms with Gasteiger partial charge in [-0.1, -0.05) is 12.1 Å². The van der Waals surface area contributed by atoms with E-state index in [1.807, 2.05) is 0 Å². The van der Waals surface area contributed by atoms with E-state index in [-0.39, 0.29) is 11.9 Å². The van der Waals surface area contributed by atoms with Crippen LogP contribution in [0.25, 0.3) is 0 Å². The lowest BCUT2D eigenvalue weighted by Gasteiger charge is -2.18. The van der Waals surface area contributed by atoms with Crippen LogP contribution in [0.15, 0.2) is 12.1 Å². The van der Waals surface area contributed by atoms with Crippen molar-refractivity contribution in [3.8, 4) is 0 Å². The van der Waals surface area contributed by atoms with Crippen LogP contribution in [0.4, 0.5) is 0 Å². The van der Waals surface area contributed by atoms with Gasteiger partial charge in [-0.3, -0.25) is 4.79 Å². The van der Waals surface area contributed by atoms with E-state index in [9.17, 15) is 4.79 Å². The van der Waals surface area contributed by atoms with Crippen LogP contribution in [0.2, 0.25) is 0 Å². The Morgan fingerprint density at radius 1 is 1.12 bits per heavy atom. The van der Waals surface area contributed by atoms with Crippen molar-refractivity contribution in [2.45, 2.75) is 46.1 Å². The molecule has 0 bridgehead atoms. The Hall–Kier alpha value is -1.31. The molecule has 1 heterocycles. The molecule has 86 valence electrons. The van der Waals surface area contributed by atoms with Crippen LogP contribution in [0.3, 0.4) is 0 Å². The van der Waals surface area contributed by atoms with Crippen LogP contribution in [0, 0.1) is 20.8 Å². The quantitative estimate of drug-likeness (QED) is 0.769. The Bertz CT molecular complexity index is 437. The van der Waals surface area contributed by atoms with Crippen molar-refractivity contribution in [2.75, 3.05) is 0 Å². The highest BCUT2D eigenvalue weighted by molar-refractivity contribution is 5.80. The van der Waals surface area contributed by atoms with Gasteiger partial charge in [0.1, 0.15) is 0 Å². The highest BCUT2D eigenvalue weighted by Gasteiger charge is 2.31. The summed E-state index contributed by atoms with van der Waals surface area (Å²) in [6, 6.07) is 4.72. The molecule has 1 aliphatic rings. The average molecular weight is 217 g/mol. The molecule has 1 amide bonds. The fourth-order valence-corrected chi connectivity index (χ4v) is 2.55. The maximum absolute atomic E-state index is 11.4. The van der Waals surface area contributed by atoms with Gasteiger partial charge < -0.3 is 5.32 Å². The van der Waals surface area contributed by atoms with E-state index in [1.165, 1.54) is 22.3 Å². The van der Waals surface area contributed by atoms with E-state index < -0.39 is 0 Å². The summed E-state index contributed by atoms with van der Waals surface area (Å²) in [7, 11) is 0. The number of aryl methyl sites for hydroxylation is 3. The summed E-state index contributed by atoms with van der Waals surface area (Å²) in [5.74, 6) is 0.516. The summed E-state index contributed by atoms with van der Waals surface area (Å²) in [5, 5.41) is 2.99. The molecule has 0 spiro atoms. The highest BCUT2D eigenvalue weighted by atomic mass is 16.1. The number of benzene rings is 1. The molecule has 0 aromatic heterocycles. The van der Waals surface area contributed by atoms with Crippen LogP contribution in [0.5, 0.6) is 0 Å². The lowest BCUT2D eigenvalue weighted by atomic mass is 9.87. The number of nitrogens with one attached hydrogen (secondary N) is 1. The Morgan fingerprint density at radius 2 is 1.75 bits per heavy atom. The zero-order chi connectivity index (χ0) is 11.9. The van der Waals surface area contributed by atoms with Crippen molar-refractivity contribution >= 4 is 5.91 Å². The van der Waals surface area contributed by atoms with Gasteiger partial charge in [-0.25, -0.2) is 0 Å². The van der Waals surface area contributed by atoms with Crippen molar-refractivity contribution in [3.05, 3.63) is 34.4 Å². The van der Waals surface area contributed by atoms with Gasteiger partial charge in [-0.05, 0) is 49.9 Å². The minimum atomic E-state index is 0.176. The summed E-state index contributed by atoms with van der Waals surface area (Å²) < 4.78 is 0. The van der Waals surface area contributed by atoms with E-state index in [1.54, 1.807) is 0 Å². The van der Waals surface area contributed by atoms with Gasteiger partial charge in [-0.15, -0.1) is 0 Å². The maximum atomic E-state index is 11.4. The predicted octanol–water partition coefficient (Wildman–Crippen LogP) is 2.60. The molecule has 1 fully saturated rings. The Balaban J connectivity index is 2.41. The number of hydrogen-bond acceptors (Lipinski definition) is 1. The summed E-state index contributed by atoms with van der Waals surface area (Å²) in [6.07, 6.45) is 0.629. The minimum absolute atomic E-state index is 0.176. The van der Waals surface area contributed by atoms with Gasteiger partial charge in [0.15, 0.2) is 0 Å². The lowest BCUT2D eigenvalue weighted by Crippen LogP contribution is -2.24. The van der Waals surface area contributed by atoms with E-state index in [2.05, 4.69) is 45.1 Å². The monoisotopic (exact) mass is 217 g/mol. The maximum Gasteiger partial charge on any atom is 0.220 e. The molecule has 1 N–H and O–H groups in total. The molecule has 2 atom stereocenters. The van der Waals surface area contributed by atoms with Crippen molar-refractivity contribution in [1.82, 2.24) is 5.32 Å². The first-order valence-electron chi connectivity index (χ1n) is 5.86. The van der Waals surface area contributed by atoms with E-state index in [0.717, 1.165) is 0 Å². The van der Waals surface area contributed by atoms with Crippen LogP contribution in [-0.4, -0.2) is 11.9 Å². The lowest BCUT2D eigenvalue weighted by molar-refractivity contribution is -0.119. The van der Waals surface area contributed by atoms with Gasteiger partial charge >= 0.3 is 0 Å². The number of rotatable bonds is 1. The fraction of sp³-hybridized carbons (Fsp3) is 0.500. The summed E-state index contributed by atoms with van der Waals surface area (Å²) >= 11 is 0. The van der Waals surface area contributed by atoms with Crippen molar-refractivity contribution in [1.29, 1.82) is 0 Å². The van der Waals surface area contributed by atoms with Crippen molar-refractivity contribution in [2.24, 2.45) is 0 Å². The van der Waals surface area contributed by atoms with Gasteiger partial charge in [0.25, 0.3) is 0 Å². The first kappa shape index (κ1) is 11.2. The molecule has 0 radical (unpaired) electrons. The minimum Gasteiger partial charge on any atom is -0.353 e. The van der Waals surface area contributed by atoms with Gasteiger partial charge in [-0.2, -0.15) is 0 Å². The van der Waals surface area contributed by atoms with Gasteiger partial charge in [0.2, 0.25) is 5.91 Å². The summed E-state index contributed by atoms with van der Waals surface area (Å²) in [5.41, 5.74) is 5.27. The Kier molecular flexibility index (Phi) is 2.75. The molecule has 2 unspecified atom stereocenters. The molecular formula is C14H19NO. The van der Waals surface area contributed by atoms with E-state index in [4.69, 9.17) is 0 Å². The highest BCUT2D eigenvalue weighted by Crippen LogP contribution is 2.31. The molecule has 0 saturated carbocycles. The summed E-state index contributed by atoms with van der Waals surface area (Å²) in [4.78, 5) is 11.4. The first-order valence-corrected chi connectivity index (χ1v) is 5.86. The molecule has 2 rings (SSSR count). The SMILES string of the molecule is Cc1cc(C)c(C2CC(=O)NC2C)cc1C. The first-order chi connectivity index (χ1) is 7.49. The zero-order valence-corrected chi connectivity index (χ0v) is 10.4. The number of hydrogen-bond donors (Lipinski definition) is 1. The third-order valence-electron chi connectivity index (χ3n) is 3.68. The molecule has 2 nitrogen and oxygen atoms in total. The molecule has 1 saturated heterocycles. The van der Waals surface area contributed by atoms with Crippen LogP contribution < -0.4 is 5.32 Å². The van der Waals surface area contributed by atoms with Crippen molar-refractivity contribution < 1.29 is 4.79 Å². The number of carbonyl (C=O) groups excluding carboxylic acids is 1. The molecule has 16 heavy (non-hydrogen) atoms. The molecule has 1 aliphatic heterocycles.